The number of benzene rings is 2. The molecule has 0 bridgehead atoms. The predicted octanol–water partition coefficient (Wildman–Crippen LogP) is 3.22. The number of nitrogens with zero attached hydrogens (tertiary/aromatic N) is 1. The maximum Gasteiger partial charge on any atom is 0.347 e. The normalized spacial score (nSPS) is 10.1. The number of aromatic nitrogens is 1. The third-order valence-electron chi connectivity index (χ3n) is 3.53. The van der Waals surface area contributed by atoms with E-state index < -0.39 is 17.9 Å². The molecule has 0 saturated heterocycles. The molecule has 0 spiro atoms. The minimum atomic E-state index is -1.23. The van der Waals surface area contributed by atoms with Crippen LogP contribution in [0.25, 0.3) is 0 Å². The molecule has 0 aliphatic heterocycles. The molecule has 0 atom stereocenters. The number of carbonyl (C=O) groups excluding carboxylic acids is 2. The Morgan fingerprint density at radius 2 is 1.33 bits per heavy atom. The maximum absolute atomic E-state index is 12.5. The Bertz CT molecular complexity index is 1000. The third kappa shape index (κ3) is 4.16. The highest BCUT2D eigenvalue weighted by Gasteiger charge is 2.20. The lowest BCUT2D eigenvalue weighted by molar-refractivity contribution is 0.0681. The van der Waals surface area contributed by atoms with Gasteiger partial charge in [0.1, 0.15) is 22.6 Å². The first-order chi connectivity index (χ1) is 13.1. The highest BCUT2D eigenvalue weighted by Crippen LogP contribution is 2.24. The monoisotopic (exact) mass is 363 g/mol. The van der Waals surface area contributed by atoms with Crippen LogP contribution in [0.1, 0.15) is 31.1 Å². The van der Waals surface area contributed by atoms with Gasteiger partial charge in [0, 0.05) is 12.4 Å². The molecular formula is C20H13NO6. The Hall–Kier alpha value is -4.00. The van der Waals surface area contributed by atoms with E-state index in [0.29, 0.717) is 0 Å². The number of esters is 2. The van der Waals surface area contributed by atoms with E-state index in [1.807, 2.05) is 0 Å². The highest BCUT2D eigenvalue weighted by atomic mass is 16.6. The van der Waals surface area contributed by atoms with Crippen molar-refractivity contribution in [3.8, 4) is 11.5 Å². The van der Waals surface area contributed by atoms with E-state index in [-0.39, 0.29) is 28.2 Å². The first-order valence-electron chi connectivity index (χ1n) is 7.82. The number of carbonyl (C=O) groups is 3. The highest BCUT2D eigenvalue weighted by molar-refractivity contribution is 5.98. The number of rotatable bonds is 5. The van der Waals surface area contributed by atoms with Crippen LogP contribution < -0.4 is 9.47 Å². The first-order valence-corrected chi connectivity index (χ1v) is 7.82. The van der Waals surface area contributed by atoms with Crippen molar-refractivity contribution in [2.75, 3.05) is 0 Å². The zero-order valence-corrected chi connectivity index (χ0v) is 13.9. The summed E-state index contributed by atoms with van der Waals surface area (Å²) in [6.45, 7) is 0. The van der Waals surface area contributed by atoms with Crippen molar-refractivity contribution in [3.63, 3.8) is 0 Å². The van der Waals surface area contributed by atoms with Crippen molar-refractivity contribution in [2.24, 2.45) is 0 Å². The average Bonchev–Trinajstić information content (AvgIpc) is 2.69. The molecule has 0 saturated carbocycles. The summed E-state index contributed by atoms with van der Waals surface area (Å²) in [6.07, 6.45) is 2.86. The van der Waals surface area contributed by atoms with E-state index in [1.54, 1.807) is 24.3 Å². The number of hydrogen-bond acceptors (Lipinski definition) is 6. The molecule has 7 nitrogen and oxygen atoms in total. The predicted molar refractivity (Wildman–Crippen MR) is 94.0 cm³/mol. The Morgan fingerprint density at radius 3 is 1.96 bits per heavy atom. The molecule has 0 radical (unpaired) electrons. The second-order valence-corrected chi connectivity index (χ2v) is 5.32. The minimum absolute atomic E-state index is 0.0100. The summed E-state index contributed by atoms with van der Waals surface area (Å²) in [5.41, 5.74) is 0.0440. The van der Waals surface area contributed by atoms with E-state index in [9.17, 15) is 19.5 Å². The summed E-state index contributed by atoms with van der Waals surface area (Å²) in [6, 6.07) is 14.9. The quantitative estimate of drug-likeness (QED) is 0.548. The standard InChI is InChI=1S/C20H13NO6/c22-18(23)14-7-1-3-9-16(14)27-20(25)15-8-2-4-10-17(15)26-19(24)13-6-5-11-21-12-13/h1-12H,(H,22,23). The second-order valence-electron chi connectivity index (χ2n) is 5.32. The van der Waals surface area contributed by atoms with Gasteiger partial charge in [-0.05, 0) is 36.4 Å². The minimum Gasteiger partial charge on any atom is -0.478 e. The van der Waals surface area contributed by atoms with Crippen molar-refractivity contribution in [1.29, 1.82) is 0 Å². The maximum atomic E-state index is 12.5. The van der Waals surface area contributed by atoms with Crippen LogP contribution in [0.15, 0.2) is 73.1 Å². The van der Waals surface area contributed by atoms with Gasteiger partial charge in [-0.3, -0.25) is 4.98 Å². The largest absolute Gasteiger partial charge is 0.478 e. The van der Waals surface area contributed by atoms with Gasteiger partial charge in [0.05, 0.1) is 5.56 Å². The molecule has 1 heterocycles. The zero-order chi connectivity index (χ0) is 19.2. The van der Waals surface area contributed by atoms with Gasteiger partial charge in [-0.15, -0.1) is 0 Å². The molecule has 0 unspecified atom stereocenters. The van der Waals surface area contributed by atoms with Gasteiger partial charge in [0.2, 0.25) is 0 Å². The third-order valence-corrected chi connectivity index (χ3v) is 3.53. The van der Waals surface area contributed by atoms with Gasteiger partial charge < -0.3 is 14.6 Å². The van der Waals surface area contributed by atoms with Crippen LogP contribution in [-0.4, -0.2) is 28.0 Å². The van der Waals surface area contributed by atoms with Crippen molar-refractivity contribution in [3.05, 3.63) is 89.7 Å². The zero-order valence-electron chi connectivity index (χ0n) is 13.9. The number of para-hydroxylation sites is 2. The Labute approximate surface area is 153 Å². The average molecular weight is 363 g/mol. The van der Waals surface area contributed by atoms with Crippen molar-refractivity contribution in [2.45, 2.75) is 0 Å². The van der Waals surface area contributed by atoms with Crippen LogP contribution in [0.3, 0.4) is 0 Å². The lowest BCUT2D eigenvalue weighted by Gasteiger charge is -2.11. The van der Waals surface area contributed by atoms with Crippen LogP contribution in [0.5, 0.6) is 11.5 Å². The van der Waals surface area contributed by atoms with Crippen LogP contribution in [0, 0.1) is 0 Å². The first kappa shape index (κ1) is 17.8. The number of ether oxygens (including phenoxy) is 2. The van der Waals surface area contributed by atoms with E-state index in [1.165, 1.54) is 48.8 Å². The summed E-state index contributed by atoms with van der Waals surface area (Å²) >= 11 is 0. The van der Waals surface area contributed by atoms with Gasteiger partial charge in [0.15, 0.2) is 0 Å². The molecule has 0 fully saturated rings. The van der Waals surface area contributed by atoms with Crippen molar-refractivity contribution < 1.29 is 29.0 Å². The summed E-state index contributed by atoms with van der Waals surface area (Å²) < 4.78 is 10.5. The van der Waals surface area contributed by atoms with E-state index in [2.05, 4.69) is 4.98 Å². The van der Waals surface area contributed by atoms with E-state index in [4.69, 9.17) is 9.47 Å². The topological polar surface area (TPSA) is 103 Å². The molecule has 1 N–H and O–H groups in total. The Morgan fingerprint density at radius 1 is 0.741 bits per heavy atom. The smallest absolute Gasteiger partial charge is 0.347 e. The van der Waals surface area contributed by atoms with Crippen LogP contribution >= 0.6 is 0 Å². The fourth-order valence-corrected chi connectivity index (χ4v) is 2.25. The summed E-state index contributed by atoms with van der Waals surface area (Å²) in [5.74, 6) is -2.88. The van der Waals surface area contributed by atoms with Gasteiger partial charge >= 0.3 is 17.9 Å². The van der Waals surface area contributed by atoms with E-state index in [0.717, 1.165) is 0 Å². The molecule has 1 aromatic heterocycles. The molecule has 27 heavy (non-hydrogen) atoms. The number of pyridine rings is 1. The number of carboxylic acid groups (broad SMARTS) is 1. The van der Waals surface area contributed by atoms with Crippen LogP contribution in [-0.2, 0) is 0 Å². The SMILES string of the molecule is O=C(Oc1ccccc1C(=O)Oc1ccccc1C(=O)O)c1cccnc1. The van der Waals surface area contributed by atoms with Gasteiger partial charge in [-0.1, -0.05) is 24.3 Å². The molecular weight excluding hydrogens is 350 g/mol. The molecule has 134 valence electrons. The Kier molecular flexibility index (Phi) is 5.22. The molecule has 3 aromatic rings. The van der Waals surface area contributed by atoms with Crippen LogP contribution in [0.2, 0.25) is 0 Å². The fraction of sp³-hybridized carbons (Fsp3) is 0. The fourth-order valence-electron chi connectivity index (χ4n) is 2.25. The summed E-state index contributed by atoms with van der Waals surface area (Å²) in [7, 11) is 0. The molecule has 7 heteroatoms. The summed E-state index contributed by atoms with van der Waals surface area (Å²) in [4.78, 5) is 39.8. The lowest BCUT2D eigenvalue weighted by atomic mass is 10.2. The number of hydrogen-bond donors (Lipinski definition) is 1. The number of carboxylic acids is 1. The second kappa shape index (κ2) is 7.92. The molecule has 3 rings (SSSR count). The summed E-state index contributed by atoms with van der Waals surface area (Å²) in [5, 5.41) is 9.18. The van der Waals surface area contributed by atoms with Gasteiger partial charge in [-0.25, -0.2) is 14.4 Å². The molecule has 2 aromatic carbocycles. The van der Waals surface area contributed by atoms with Crippen molar-refractivity contribution >= 4 is 17.9 Å². The number of aromatic carboxylic acids is 1. The molecule has 0 aliphatic rings. The lowest BCUT2D eigenvalue weighted by Crippen LogP contribution is -2.15. The molecule has 0 aliphatic carbocycles. The molecule has 0 amide bonds. The van der Waals surface area contributed by atoms with E-state index >= 15 is 0 Å². The van der Waals surface area contributed by atoms with Gasteiger partial charge in [0.25, 0.3) is 0 Å². The Balaban J connectivity index is 1.85. The van der Waals surface area contributed by atoms with Crippen LogP contribution in [0.4, 0.5) is 0 Å². The van der Waals surface area contributed by atoms with Crippen molar-refractivity contribution in [1.82, 2.24) is 4.98 Å². The van der Waals surface area contributed by atoms with Gasteiger partial charge in [-0.2, -0.15) is 0 Å².